The minimum Gasteiger partial charge on any atom is -0.687 e. The number of benzene rings is 1. The predicted molar refractivity (Wildman–Crippen MR) is 109 cm³/mol. The van der Waals surface area contributed by atoms with E-state index in [2.05, 4.69) is 5.32 Å². The highest BCUT2D eigenvalue weighted by Crippen LogP contribution is 2.44. The van der Waals surface area contributed by atoms with Crippen LogP contribution in [0.15, 0.2) is 60.5 Å². The van der Waals surface area contributed by atoms with Crippen LogP contribution in [-0.2, 0) is 7.05 Å². The molecule has 0 saturated heterocycles. The lowest BCUT2D eigenvalue weighted by Gasteiger charge is -2.24. The number of rotatable bonds is 4. The van der Waals surface area contributed by atoms with Gasteiger partial charge in [-0.05, 0) is 29.8 Å². The molecular formula is C21H16ClF2N2OS-. The molecule has 1 N–H and O–H groups in total. The lowest BCUT2D eigenvalue weighted by atomic mass is 9.93. The van der Waals surface area contributed by atoms with E-state index in [9.17, 15) is 13.9 Å². The SMILES string of the molecule is Cn1cc(-c2ccc(F)cc2F)c(C(O)C2=C[N-]CC=C2)c1-c1ccc(Cl)s1. The Labute approximate surface area is 170 Å². The van der Waals surface area contributed by atoms with Crippen molar-refractivity contribution in [1.82, 2.24) is 4.57 Å². The highest BCUT2D eigenvalue weighted by Gasteiger charge is 2.26. The van der Waals surface area contributed by atoms with Crippen LogP contribution in [0, 0.1) is 11.6 Å². The molecule has 1 aromatic carbocycles. The first-order valence-corrected chi connectivity index (χ1v) is 9.76. The summed E-state index contributed by atoms with van der Waals surface area (Å²) >= 11 is 7.48. The number of aliphatic hydroxyl groups is 1. The maximum absolute atomic E-state index is 14.6. The van der Waals surface area contributed by atoms with E-state index in [1.807, 2.05) is 23.8 Å². The van der Waals surface area contributed by atoms with Gasteiger partial charge in [0.15, 0.2) is 0 Å². The summed E-state index contributed by atoms with van der Waals surface area (Å²) in [6.07, 6.45) is 5.98. The van der Waals surface area contributed by atoms with E-state index in [1.165, 1.54) is 23.5 Å². The summed E-state index contributed by atoms with van der Waals surface area (Å²) in [5.41, 5.74) is 2.57. The summed E-state index contributed by atoms with van der Waals surface area (Å²) < 4.78 is 30.4. The fraction of sp³-hybridized carbons (Fsp3) is 0.143. The average Bonchev–Trinajstić information content (AvgIpc) is 3.24. The molecule has 0 saturated carbocycles. The van der Waals surface area contributed by atoms with Crippen LogP contribution in [0.1, 0.15) is 11.7 Å². The second kappa shape index (κ2) is 7.54. The fourth-order valence-corrected chi connectivity index (χ4v) is 4.52. The summed E-state index contributed by atoms with van der Waals surface area (Å²) in [6, 6.07) is 7.07. The Morgan fingerprint density at radius 1 is 1.21 bits per heavy atom. The summed E-state index contributed by atoms with van der Waals surface area (Å²) in [5, 5.41) is 15.4. The molecule has 2 aromatic heterocycles. The molecule has 1 unspecified atom stereocenters. The number of aromatic nitrogens is 1. The van der Waals surface area contributed by atoms with Gasteiger partial charge in [0.05, 0.1) is 14.9 Å². The molecule has 1 aliphatic rings. The largest absolute Gasteiger partial charge is 0.687 e. The molecule has 3 aromatic rings. The van der Waals surface area contributed by atoms with Crippen molar-refractivity contribution in [2.45, 2.75) is 6.10 Å². The Hall–Kier alpha value is -2.41. The molecule has 0 amide bonds. The zero-order chi connectivity index (χ0) is 19.8. The summed E-state index contributed by atoms with van der Waals surface area (Å²) in [6.45, 7) is 0.553. The van der Waals surface area contributed by atoms with Gasteiger partial charge in [-0.15, -0.1) is 24.0 Å². The number of aryl methyl sites for hydroxylation is 1. The fourth-order valence-electron chi connectivity index (χ4n) is 3.37. The number of thiophene rings is 1. The van der Waals surface area contributed by atoms with Crippen molar-refractivity contribution in [2.75, 3.05) is 6.54 Å². The molecule has 28 heavy (non-hydrogen) atoms. The van der Waals surface area contributed by atoms with E-state index < -0.39 is 17.7 Å². The smallest absolute Gasteiger partial charge is 0.134 e. The molecule has 3 heterocycles. The maximum atomic E-state index is 14.6. The second-order valence-electron chi connectivity index (χ2n) is 6.44. The van der Waals surface area contributed by atoms with E-state index in [0.29, 0.717) is 27.6 Å². The van der Waals surface area contributed by atoms with E-state index in [1.54, 1.807) is 24.5 Å². The molecule has 3 nitrogen and oxygen atoms in total. The zero-order valence-electron chi connectivity index (χ0n) is 14.9. The van der Waals surface area contributed by atoms with Gasteiger partial charge in [-0.25, -0.2) is 8.78 Å². The summed E-state index contributed by atoms with van der Waals surface area (Å²) in [7, 11) is 1.82. The van der Waals surface area contributed by atoms with Crippen molar-refractivity contribution in [3.8, 4) is 21.7 Å². The third kappa shape index (κ3) is 3.39. The van der Waals surface area contributed by atoms with Crippen LogP contribution >= 0.6 is 22.9 Å². The summed E-state index contributed by atoms with van der Waals surface area (Å²) in [4.78, 5) is 0.840. The van der Waals surface area contributed by atoms with E-state index >= 15 is 0 Å². The van der Waals surface area contributed by atoms with Gasteiger partial charge in [0.1, 0.15) is 17.7 Å². The van der Waals surface area contributed by atoms with Crippen LogP contribution in [0.3, 0.4) is 0 Å². The Kier molecular flexibility index (Phi) is 5.10. The van der Waals surface area contributed by atoms with Crippen molar-refractivity contribution >= 4 is 22.9 Å². The first-order chi connectivity index (χ1) is 13.5. The van der Waals surface area contributed by atoms with Crippen LogP contribution in [0.5, 0.6) is 0 Å². The molecule has 1 atom stereocenters. The Balaban J connectivity index is 1.96. The van der Waals surface area contributed by atoms with Crippen molar-refractivity contribution in [1.29, 1.82) is 0 Å². The lowest BCUT2D eigenvalue weighted by Crippen LogP contribution is -2.05. The minimum absolute atomic E-state index is 0.220. The standard InChI is InChI=1S/C21H16ClF2N2OS/c1-26-11-15(14-5-4-13(23)9-16(14)24)19(20(26)17-6-7-18(22)28-17)21(27)12-3-2-8-25-10-12/h2-7,9-11,21,27H,8H2,1H3/q-1. The maximum Gasteiger partial charge on any atom is 0.134 e. The van der Waals surface area contributed by atoms with Gasteiger partial charge in [0.2, 0.25) is 0 Å². The van der Waals surface area contributed by atoms with Crippen molar-refractivity contribution in [3.63, 3.8) is 0 Å². The monoisotopic (exact) mass is 417 g/mol. The Morgan fingerprint density at radius 2 is 2.04 bits per heavy atom. The zero-order valence-corrected chi connectivity index (χ0v) is 16.4. The van der Waals surface area contributed by atoms with Gasteiger partial charge in [0, 0.05) is 36.0 Å². The molecule has 0 spiro atoms. The molecule has 1 aliphatic heterocycles. The predicted octanol–water partition coefficient (Wildman–Crippen LogP) is 6.21. The van der Waals surface area contributed by atoms with Crippen LogP contribution < -0.4 is 0 Å². The number of hydrogen-bond donors (Lipinski definition) is 1. The number of nitrogens with zero attached hydrogens (tertiary/aromatic N) is 2. The van der Waals surface area contributed by atoms with Crippen molar-refractivity contribution < 1.29 is 13.9 Å². The minimum atomic E-state index is -1.03. The van der Waals surface area contributed by atoms with Gasteiger partial charge < -0.3 is 15.0 Å². The molecule has 0 fully saturated rings. The first-order valence-electron chi connectivity index (χ1n) is 8.57. The summed E-state index contributed by atoms with van der Waals surface area (Å²) in [5.74, 6) is -1.34. The highest BCUT2D eigenvalue weighted by atomic mass is 35.5. The number of aliphatic hydroxyl groups excluding tert-OH is 1. The third-order valence-corrected chi connectivity index (χ3v) is 5.84. The van der Waals surface area contributed by atoms with E-state index in [-0.39, 0.29) is 5.56 Å². The second-order valence-corrected chi connectivity index (χ2v) is 8.16. The third-order valence-electron chi connectivity index (χ3n) is 4.60. The average molecular weight is 418 g/mol. The first kappa shape index (κ1) is 18.9. The number of halogens is 3. The molecule has 7 heteroatoms. The lowest BCUT2D eigenvalue weighted by molar-refractivity contribution is 0.220. The van der Waals surface area contributed by atoms with Crippen molar-refractivity contribution in [3.05, 3.63) is 87.3 Å². The van der Waals surface area contributed by atoms with Crippen LogP contribution in [0.4, 0.5) is 8.78 Å². The number of hydrogen-bond acceptors (Lipinski definition) is 2. The van der Waals surface area contributed by atoms with E-state index in [4.69, 9.17) is 11.6 Å². The van der Waals surface area contributed by atoms with Gasteiger partial charge in [-0.3, -0.25) is 0 Å². The van der Waals surface area contributed by atoms with Crippen LogP contribution in [0.25, 0.3) is 27.0 Å². The molecular weight excluding hydrogens is 402 g/mol. The van der Waals surface area contributed by atoms with Crippen molar-refractivity contribution in [2.24, 2.45) is 7.05 Å². The molecule has 0 aliphatic carbocycles. The van der Waals surface area contributed by atoms with Gasteiger partial charge >= 0.3 is 0 Å². The van der Waals surface area contributed by atoms with Crippen LogP contribution in [-0.4, -0.2) is 16.2 Å². The van der Waals surface area contributed by atoms with Gasteiger partial charge in [-0.2, -0.15) is 6.20 Å². The van der Waals surface area contributed by atoms with E-state index in [0.717, 1.165) is 16.6 Å². The molecule has 4 rings (SSSR count). The van der Waals surface area contributed by atoms with Crippen LogP contribution in [0.2, 0.25) is 4.34 Å². The Morgan fingerprint density at radius 3 is 2.68 bits per heavy atom. The van der Waals surface area contributed by atoms with Gasteiger partial charge in [-0.1, -0.05) is 17.7 Å². The normalized spacial score (nSPS) is 14.7. The molecule has 144 valence electrons. The molecule has 0 radical (unpaired) electrons. The quantitative estimate of drug-likeness (QED) is 0.538. The molecule has 0 bridgehead atoms. The Bertz CT molecular complexity index is 1100. The van der Waals surface area contributed by atoms with Gasteiger partial charge in [0.25, 0.3) is 0 Å². The highest BCUT2D eigenvalue weighted by molar-refractivity contribution is 7.19. The topological polar surface area (TPSA) is 39.3 Å².